The third-order valence-corrected chi connectivity index (χ3v) is 2.62. The van der Waals surface area contributed by atoms with Crippen LogP contribution in [0.25, 0.3) is 0 Å². The lowest BCUT2D eigenvalue weighted by Gasteiger charge is -2.16. The molecule has 0 saturated carbocycles. The molecule has 8 heteroatoms. The molecule has 0 fully saturated rings. The average molecular weight is 307 g/mol. The number of aryl methyl sites for hydroxylation is 1. The number of carbonyl (C=O) groups excluding carboxylic acids is 1. The van der Waals surface area contributed by atoms with Crippen LogP contribution < -0.4 is 5.32 Å². The summed E-state index contributed by atoms with van der Waals surface area (Å²) in [5.74, 6) is -3.00. The number of benzene rings is 1. The summed E-state index contributed by atoms with van der Waals surface area (Å²) < 4.78 is 49.1. The molecule has 1 aromatic carbocycles. The van der Waals surface area contributed by atoms with Crippen molar-refractivity contribution in [2.24, 2.45) is 0 Å². The first-order valence-electron chi connectivity index (χ1n) is 6.01. The standard InChI is InChI=1S/C13H13F4NO3/c14-9-4-1-8(2-5-9)3-6-11(19)18-10(12(20)21)7-13(15,16)17/h1-2,4-5,10H,3,6-7H2,(H,18,19)(H,20,21). The maximum Gasteiger partial charge on any atom is 0.391 e. The Kier molecular flexibility index (Phi) is 5.69. The third kappa shape index (κ3) is 6.73. The quantitative estimate of drug-likeness (QED) is 0.792. The molecule has 2 N–H and O–H groups in total. The van der Waals surface area contributed by atoms with Gasteiger partial charge in [-0.15, -0.1) is 0 Å². The van der Waals surface area contributed by atoms with Crippen LogP contribution in [-0.2, 0) is 16.0 Å². The fraction of sp³-hybridized carbons (Fsp3) is 0.385. The molecule has 1 rings (SSSR count). The van der Waals surface area contributed by atoms with Crippen molar-refractivity contribution in [1.29, 1.82) is 0 Å². The summed E-state index contributed by atoms with van der Waals surface area (Å²) >= 11 is 0. The molecule has 1 unspecified atom stereocenters. The predicted octanol–water partition coefficient (Wildman–Crippen LogP) is 2.28. The highest BCUT2D eigenvalue weighted by Gasteiger charge is 2.36. The largest absolute Gasteiger partial charge is 0.480 e. The number of alkyl halides is 3. The van der Waals surface area contributed by atoms with E-state index in [-0.39, 0.29) is 12.8 Å². The monoisotopic (exact) mass is 307 g/mol. The van der Waals surface area contributed by atoms with E-state index in [1.807, 2.05) is 5.32 Å². The second-order valence-electron chi connectivity index (χ2n) is 4.40. The van der Waals surface area contributed by atoms with Gasteiger partial charge in [0.1, 0.15) is 11.9 Å². The Labute approximate surface area is 117 Å². The highest BCUT2D eigenvalue weighted by atomic mass is 19.4. The number of carboxylic acid groups (broad SMARTS) is 1. The van der Waals surface area contributed by atoms with Crippen molar-refractivity contribution in [3.05, 3.63) is 35.6 Å². The van der Waals surface area contributed by atoms with Gasteiger partial charge >= 0.3 is 12.1 Å². The van der Waals surface area contributed by atoms with Crippen molar-refractivity contribution in [1.82, 2.24) is 5.32 Å². The molecule has 0 saturated heterocycles. The van der Waals surface area contributed by atoms with E-state index < -0.39 is 36.3 Å². The Bertz CT molecular complexity index is 499. The summed E-state index contributed by atoms with van der Waals surface area (Å²) in [6, 6.07) is 3.25. The van der Waals surface area contributed by atoms with Gasteiger partial charge in [-0.1, -0.05) is 12.1 Å². The van der Waals surface area contributed by atoms with Crippen LogP contribution in [0, 0.1) is 5.82 Å². The lowest BCUT2D eigenvalue weighted by Crippen LogP contribution is -2.43. The molecule has 21 heavy (non-hydrogen) atoms. The van der Waals surface area contributed by atoms with E-state index in [1.54, 1.807) is 0 Å². The molecular weight excluding hydrogens is 294 g/mol. The molecule has 116 valence electrons. The third-order valence-electron chi connectivity index (χ3n) is 2.62. The van der Waals surface area contributed by atoms with E-state index >= 15 is 0 Å². The van der Waals surface area contributed by atoms with Gasteiger partial charge in [0.25, 0.3) is 0 Å². The normalized spacial score (nSPS) is 12.8. The molecule has 1 aromatic rings. The van der Waals surface area contributed by atoms with Crippen LogP contribution >= 0.6 is 0 Å². The summed E-state index contributed by atoms with van der Waals surface area (Å²) in [5.41, 5.74) is 0.620. The van der Waals surface area contributed by atoms with Crippen LogP contribution in [0.4, 0.5) is 17.6 Å². The molecular formula is C13H13F4NO3. The highest BCUT2D eigenvalue weighted by molar-refractivity contribution is 5.83. The molecule has 4 nitrogen and oxygen atoms in total. The Balaban J connectivity index is 2.50. The summed E-state index contributed by atoms with van der Waals surface area (Å²) in [6.45, 7) is 0. The van der Waals surface area contributed by atoms with Gasteiger partial charge in [-0.2, -0.15) is 13.2 Å². The first-order valence-corrected chi connectivity index (χ1v) is 6.01. The maximum atomic E-state index is 12.7. The minimum absolute atomic E-state index is 0.171. The molecule has 0 aliphatic carbocycles. The number of carbonyl (C=O) groups is 2. The molecule has 1 amide bonds. The zero-order chi connectivity index (χ0) is 16.0. The van der Waals surface area contributed by atoms with Crippen LogP contribution in [0.2, 0.25) is 0 Å². The second kappa shape index (κ2) is 7.05. The molecule has 0 aliphatic heterocycles. The molecule has 0 aromatic heterocycles. The smallest absolute Gasteiger partial charge is 0.391 e. The van der Waals surface area contributed by atoms with Crippen molar-refractivity contribution >= 4 is 11.9 Å². The van der Waals surface area contributed by atoms with Gasteiger partial charge in [-0.05, 0) is 24.1 Å². The van der Waals surface area contributed by atoms with Crippen molar-refractivity contribution in [2.75, 3.05) is 0 Å². The number of halogens is 4. The van der Waals surface area contributed by atoms with Gasteiger partial charge in [0.15, 0.2) is 0 Å². The molecule has 0 aliphatic rings. The van der Waals surface area contributed by atoms with Crippen molar-refractivity contribution in [3.8, 4) is 0 Å². The van der Waals surface area contributed by atoms with E-state index in [0.29, 0.717) is 5.56 Å². The topological polar surface area (TPSA) is 66.4 Å². The van der Waals surface area contributed by atoms with Crippen LogP contribution in [0.15, 0.2) is 24.3 Å². The Morgan fingerprint density at radius 3 is 2.24 bits per heavy atom. The fourth-order valence-corrected chi connectivity index (χ4v) is 1.61. The number of amides is 1. The van der Waals surface area contributed by atoms with Gasteiger partial charge in [0.2, 0.25) is 5.91 Å². The average Bonchev–Trinajstić information content (AvgIpc) is 2.35. The summed E-state index contributed by atoms with van der Waals surface area (Å²) in [5, 5.41) is 10.5. The number of aliphatic carboxylic acids is 1. The Morgan fingerprint density at radius 1 is 1.19 bits per heavy atom. The van der Waals surface area contributed by atoms with Crippen LogP contribution in [-0.4, -0.2) is 29.2 Å². The number of rotatable bonds is 6. The number of hydrogen-bond acceptors (Lipinski definition) is 2. The molecule has 1 atom stereocenters. The number of nitrogens with one attached hydrogen (secondary N) is 1. The predicted molar refractivity (Wildman–Crippen MR) is 65.0 cm³/mol. The van der Waals surface area contributed by atoms with Crippen LogP contribution in [0.3, 0.4) is 0 Å². The highest BCUT2D eigenvalue weighted by Crippen LogP contribution is 2.21. The van der Waals surface area contributed by atoms with Gasteiger partial charge in [-0.25, -0.2) is 9.18 Å². The zero-order valence-electron chi connectivity index (χ0n) is 10.8. The van der Waals surface area contributed by atoms with E-state index in [4.69, 9.17) is 5.11 Å². The minimum Gasteiger partial charge on any atom is -0.480 e. The maximum absolute atomic E-state index is 12.7. The van der Waals surface area contributed by atoms with Crippen LogP contribution in [0.1, 0.15) is 18.4 Å². The minimum atomic E-state index is -4.69. The van der Waals surface area contributed by atoms with E-state index in [9.17, 15) is 27.2 Å². The van der Waals surface area contributed by atoms with E-state index in [0.717, 1.165) is 0 Å². The molecule has 0 spiro atoms. The summed E-state index contributed by atoms with van der Waals surface area (Å²) in [7, 11) is 0. The van der Waals surface area contributed by atoms with Gasteiger partial charge < -0.3 is 10.4 Å². The first kappa shape index (κ1) is 16.9. The SMILES string of the molecule is O=C(CCc1ccc(F)cc1)NC(CC(F)(F)F)C(=O)O. The Hall–Kier alpha value is -2.12. The lowest BCUT2D eigenvalue weighted by atomic mass is 10.1. The lowest BCUT2D eigenvalue weighted by molar-refractivity contribution is -0.160. The van der Waals surface area contributed by atoms with Crippen molar-refractivity contribution in [2.45, 2.75) is 31.5 Å². The zero-order valence-corrected chi connectivity index (χ0v) is 10.8. The van der Waals surface area contributed by atoms with Gasteiger partial charge in [0, 0.05) is 6.42 Å². The summed E-state index contributed by atoms with van der Waals surface area (Å²) in [4.78, 5) is 22.1. The Morgan fingerprint density at radius 2 is 1.76 bits per heavy atom. The van der Waals surface area contributed by atoms with E-state index in [2.05, 4.69) is 0 Å². The van der Waals surface area contributed by atoms with Crippen molar-refractivity contribution < 1.29 is 32.3 Å². The van der Waals surface area contributed by atoms with Gasteiger partial charge in [0.05, 0.1) is 6.42 Å². The molecule has 0 radical (unpaired) electrons. The fourth-order valence-electron chi connectivity index (χ4n) is 1.61. The molecule has 0 heterocycles. The van der Waals surface area contributed by atoms with E-state index in [1.165, 1.54) is 24.3 Å². The molecule has 0 bridgehead atoms. The van der Waals surface area contributed by atoms with Crippen LogP contribution in [0.5, 0.6) is 0 Å². The number of carboxylic acids is 1. The second-order valence-corrected chi connectivity index (χ2v) is 4.40. The van der Waals surface area contributed by atoms with Gasteiger partial charge in [-0.3, -0.25) is 4.79 Å². The van der Waals surface area contributed by atoms with Crippen molar-refractivity contribution in [3.63, 3.8) is 0 Å². The first-order chi connectivity index (χ1) is 9.67. The summed E-state index contributed by atoms with van der Waals surface area (Å²) in [6.07, 6.45) is -6.34. The number of hydrogen-bond donors (Lipinski definition) is 2.